The molecule has 1 aromatic carbocycles. The molecule has 4 rings (SSSR count). The number of pyridine rings is 1. The highest BCUT2D eigenvalue weighted by Gasteiger charge is 2.14. The number of fused-ring (bicyclic) bond motifs is 1. The van der Waals surface area contributed by atoms with Crippen LogP contribution in [0.1, 0.15) is 18.3 Å². The molecule has 0 saturated carbocycles. The number of hydrogen-bond donors (Lipinski definition) is 0. The summed E-state index contributed by atoms with van der Waals surface area (Å²) < 4.78 is 17.4. The Morgan fingerprint density at radius 2 is 2.04 bits per heavy atom. The van der Waals surface area contributed by atoms with Crippen LogP contribution in [0.25, 0.3) is 22.6 Å². The first kappa shape index (κ1) is 18.5. The van der Waals surface area contributed by atoms with Crippen molar-refractivity contribution >= 4 is 23.6 Å². The second-order valence-electron chi connectivity index (χ2n) is 5.82. The van der Waals surface area contributed by atoms with Crippen molar-refractivity contribution in [3.8, 4) is 17.5 Å². The molecule has 0 radical (unpaired) electrons. The van der Waals surface area contributed by atoms with Crippen molar-refractivity contribution in [2.75, 3.05) is 0 Å². The first-order chi connectivity index (χ1) is 12.7. The third kappa shape index (κ3) is 3.39. The number of aryl methyl sites for hydroxylation is 1. The molecule has 3 heterocycles. The SMILES string of the molecule is CCn1c(Cn2ccnc2-c2cccc(C#N)c2)nc2ccc(F)nc21.Cl. The molecule has 136 valence electrons. The average molecular weight is 383 g/mol. The lowest BCUT2D eigenvalue weighted by Gasteiger charge is -2.09. The van der Waals surface area contributed by atoms with Crippen molar-refractivity contribution in [1.29, 1.82) is 5.26 Å². The van der Waals surface area contributed by atoms with Crippen molar-refractivity contribution in [1.82, 2.24) is 24.1 Å². The second-order valence-corrected chi connectivity index (χ2v) is 5.82. The Kier molecular flexibility index (Phi) is 5.19. The van der Waals surface area contributed by atoms with E-state index in [-0.39, 0.29) is 12.4 Å². The zero-order valence-electron chi connectivity index (χ0n) is 14.5. The second kappa shape index (κ2) is 7.56. The first-order valence-corrected chi connectivity index (χ1v) is 8.23. The number of imidazole rings is 2. The maximum Gasteiger partial charge on any atom is 0.214 e. The molecule has 6 nitrogen and oxygen atoms in total. The Balaban J connectivity index is 0.00000210. The van der Waals surface area contributed by atoms with Crippen molar-refractivity contribution in [3.05, 3.63) is 66.1 Å². The van der Waals surface area contributed by atoms with E-state index < -0.39 is 5.95 Å². The van der Waals surface area contributed by atoms with E-state index in [9.17, 15) is 4.39 Å². The molecule has 27 heavy (non-hydrogen) atoms. The number of nitriles is 1. The molecule has 0 atom stereocenters. The molecule has 0 aliphatic rings. The van der Waals surface area contributed by atoms with Crippen LogP contribution in [0.2, 0.25) is 0 Å². The third-order valence-electron chi connectivity index (χ3n) is 4.23. The van der Waals surface area contributed by atoms with E-state index >= 15 is 0 Å². The Morgan fingerprint density at radius 3 is 2.81 bits per heavy atom. The van der Waals surface area contributed by atoms with E-state index in [1.165, 1.54) is 6.07 Å². The average Bonchev–Trinajstić information content (AvgIpc) is 3.25. The van der Waals surface area contributed by atoms with Crippen molar-refractivity contribution in [2.45, 2.75) is 20.0 Å². The van der Waals surface area contributed by atoms with E-state index in [4.69, 9.17) is 5.26 Å². The number of aromatic nitrogens is 5. The quantitative estimate of drug-likeness (QED) is 0.503. The molecule has 0 spiro atoms. The minimum atomic E-state index is -0.518. The summed E-state index contributed by atoms with van der Waals surface area (Å²) in [6.07, 6.45) is 3.58. The van der Waals surface area contributed by atoms with Crippen LogP contribution in [0.3, 0.4) is 0 Å². The van der Waals surface area contributed by atoms with Gasteiger partial charge in [-0.25, -0.2) is 9.97 Å². The van der Waals surface area contributed by atoms with Crippen LogP contribution in [0.15, 0.2) is 48.8 Å². The molecule has 0 fully saturated rings. The van der Waals surface area contributed by atoms with Gasteiger partial charge in [0.05, 0.1) is 18.2 Å². The minimum Gasteiger partial charge on any atom is -0.323 e. The highest BCUT2D eigenvalue weighted by molar-refractivity contribution is 5.85. The maximum atomic E-state index is 13.5. The molecule has 8 heteroatoms. The number of halogens is 2. The van der Waals surface area contributed by atoms with Gasteiger partial charge in [0.25, 0.3) is 0 Å². The summed E-state index contributed by atoms with van der Waals surface area (Å²) in [6.45, 7) is 3.08. The van der Waals surface area contributed by atoms with Gasteiger partial charge in [0.1, 0.15) is 17.2 Å². The molecule has 0 bridgehead atoms. The molecule has 0 amide bonds. The molecular formula is C19H16ClFN6. The molecule has 3 aromatic heterocycles. The molecule has 0 unspecified atom stereocenters. The van der Waals surface area contributed by atoms with Crippen molar-refractivity contribution in [3.63, 3.8) is 0 Å². The topological polar surface area (TPSA) is 72.3 Å². The predicted octanol–water partition coefficient (Wildman–Crippen LogP) is 3.80. The predicted molar refractivity (Wildman–Crippen MR) is 102 cm³/mol. The van der Waals surface area contributed by atoms with Gasteiger partial charge < -0.3 is 9.13 Å². The Labute approximate surface area is 161 Å². The highest BCUT2D eigenvalue weighted by atomic mass is 35.5. The Morgan fingerprint density at radius 1 is 1.19 bits per heavy atom. The monoisotopic (exact) mass is 382 g/mol. The fourth-order valence-electron chi connectivity index (χ4n) is 3.06. The smallest absolute Gasteiger partial charge is 0.214 e. The number of rotatable bonds is 4. The normalized spacial score (nSPS) is 10.6. The van der Waals surface area contributed by atoms with Gasteiger partial charge in [-0.15, -0.1) is 12.4 Å². The summed E-state index contributed by atoms with van der Waals surface area (Å²) >= 11 is 0. The van der Waals surface area contributed by atoms with Crippen molar-refractivity contribution < 1.29 is 4.39 Å². The van der Waals surface area contributed by atoms with Crippen LogP contribution in [0.5, 0.6) is 0 Å². The first-order valence-electron chi connectivity index (χ1n) is 8.23. The molecule has 0 aliphatic heterocycles. The number of hydrogen-bond acceptors (Lipinski definition) is 4. The molecule has 4 aromatic rings. The van der Waals surface area contributed by atoms with E-state index in [1.807, 2.05) is 34.4 Å². The van der Waals surface area contributed by atoms with Crippen LogP contribution in [0, 0.1) is 17.3 Å². The van der Waals surface area contributed by atoms with E-state index in [2.05, 4.69) is 21.0 Å². The van der Waals surface area contributed by atoms with Gasteiger partial charge in [-0.1, -0.05) is 12.1 Å². The van der Waals surface area contributed by atoms with Gasteiger partial charge in [0.2, 0.25) is 5.95 Å². The van der Waals surface area contributed by atoms with Gasteiger partial charge >= 0.3 is 0 Å². The molecule has 0 aliphatic carbocycles. The third-order valence-corrected chi connectivity index (χ3v) is 4.23. The number of benzene rings is 1. The summed E-state index contributed by atoms with van der Waals surface area (Å²) in [6, 6.07) is 12.4. The standard InChI is InChI=1S/C19H15FN6.ClH/c1-2-26-17(23-15-6-7-16(20)24-19(15)26)12-25-9-8-22-18(25)14-5-3-4-13(10-14)11-21;/h3-10H,2,12H2,1H3;1H. The van der Waals surface area contributed by atoms with Gasteiger partial charge in [0.15, 0.2) is 5.65 Å². The van der Waals surface area contributed by atoms with Crippen LogP contribution < -0.4 is 0 Å². The summed E-state index contributed by atoms with van der Waals surface area (Å²) in [5.41, 5.74) is 2.64. The Bertz CT molecular complexity index is 1140. The van der Waals surface area contributed by atoms with Crippen molar-refractivity contribution in [2.24, 2.45) is 0 Å². The molecule has 0 saturated heterocycles. The van der Waals surface area contributed by atoms with Gasteiger partial charge in [0, 0.05) is 24.5 Å². The summed E-state index contributed by atoms with van der Waals surface area (Å²) in [7, 11) is 0. The van der Waals surface area contributed by atoms with Crippen LogP contribution in [0.4, 0.5) is 4.39 Å². The van der Waals surface area contributed by atoms with Crippen LogP contribution >= 0.6 is 12.4 Å². The van der Waals surface area contributed by atoms with E-state index in [1.54, 1.807) is 24.4 Å². The maximum absolute atomic E-state index is 13.5. The Hall–Kier alpha value is -3.24. The zero-order valence-corrected chi connectivity index (χ0v) is 15.3. The lowest BCUT2D eigenvalue weighted by Crippen LogP contribution is -2.09. The number of nitrogens with zero attached hydrogens (tertiary/aromatic N) is 6. The fourth-order valence-corrected chi connectivity index (χ4v) is 3.06. The van der Waals surface area contributed by atoms with Gasteiger partial charge in [-0.3, -0.25) is 0 Å². The zero-order chi connectivity index (χ0) is 18.1. The van der Waals surface area contributed by atoms with E-state index in [0.717, 1.165) is 17.2 Å². The summed E-state index contributed by atoms with van der Waals surface area (Å²) in [5.74, 6) is 1.00. The molecule has 0 N–H and O–H groups in total. The highest BCUT2D eigenvalue weighted by Crippen LogP contribution is 2.21. The van der Waals surface area contributed by atoms with Crippen LogP contribution in [-0.4, -0.2) is 24.1 Å². The van der Waals surface area contributed by atoms with Gasteiger partial charge in [-0.2, -0.15) is 14.6 Å². The summed E-state index contributed by atoms with van der Waals surface area (Å²) in [5, 5.41) is 9.11. The lowest BCUT2D eigenvalue weighted by atomic mass is 10.1. The van der Waals surface area contributed by atoms with Gasteiger partial charge in [-0.05, 0) is 31.2 Å². The largest absolute Gasteiger partial charge is 0.323 e. The lowest BCUT2D eigenvalue weighted by molar-refractivity contribution is 0.583. The van der Waals surface area contributed by atoms with E-state index in [0.29, 0.717) is 29.8 Å². The summed E-state index contributed by atoms with van der Waals surface area (Å²) in [4.78, 5) is 13.0. The molecular weight excluding hydrogens is 367 g/mol. The fraction of sp³-hybridized carbons (Fsp3) is 0.158. The van der Waals surface area contributed by atoms with Crippen LogP contribution in [-0.2, 0) is 13.1 Å². The minimum absolute atomic E-state index is 0.